The molecule has 14 heavy (non-hydrogen) atoms. The van der Waals surface area contributed by atoms with Gasteiger partial charge in [0.2, 0.25) is 0 Å². The smallest absolute Gasteiger partial charge is 0.291 e. The number of anilines is 1. The first kappa shape index (κ1) is 11.1. The molecule has 0 aliphatic heterocycles. The van der Waals surface area contributed by atoms with E-state index in [4.69, 9.17) is 5.21 Å². The van der Waals surface area contributed by atoms with Gasteiger partial charge in [-0.05, 0) is 18.2 Å². The molecule has 0 spiro atoms. The summed E-state index contributed by atoms with van der Waals surface area (Å²) in [5.74, 6) is 0. The van der Waals surface area contributed by atoms with Gasteiger partial charge in [0.05, 0.1) is 5.69 Å². The summed E-state index contributed by atoms with van der Waals surface area (Å²) in [7, 11) is -9.63. The van der Waals surface area contributed by atoms with Crippen molar-refractivity contribution in [3.63, 3.8) is 0 Å². The second kappa shape index (κ2) is 2.31. The van der Waals surface area contributed by atoms with Crippen LogP contribution in [0, 0.1) is 0 Å². The molecule has 0 radical (unpaired) electrons. The Bertz CT molecular complexity index is 361. The van der Waals surface area contributed by atoms with Gasteiger partial charge in [0.15, 0.2) is 0 Å². The maximum atomic E-state index is 12.2. The normalized spacial score (nSPS) is 17.0. The van der Waals surface area contributed by atoms with Gasteiger partial charge < -0.3 is 0 Å². The van der Waals surface area contributed by atoms with Gasteiger partial charge in [-0.3, -0.25) is 10.7 Å². The van der Waals surface area contributed by atoms with Crippen LogP contribution in [-0.2, 0) is 0 Å². The maximum absolute atomic E-state index is 12.2. The number of halogens is 5. The summed E-state index contributed by atoms with van der Waals surface area (Å²) in [4.78, 5) is -2.04. The van der Waals surface area contributed by atoms with E-state index in [-0.39, 0.29) is 12.1 Å². The molecule has 0 aliphatic carbocycles. The summed E-state index contributed by atoms with van der Waals surface area (Å²) in [6.07, 6.45) is 0. The molecule has 1 aromatic carbocycles. The first-order valence-corrected chi connectivity index (χ1v) is 5.22. The van der Waals surface area contributed by atoms with Crippen molar-refractivity contribution in [3.05, 3.63) is 24.3 Å². The summed E-state index contributed by atoms with van der Waals surface area (Å²) in [5, 5.41) is 8.25. The predicted molar refractivity (Wildman–Crippen MR) is 43.2 cm³/mol. The topological polar surface area (TPSA) is 32.3 Å². The lowest BCUT2D eigenvalue weighted by molar-refractivity contribution is 0.363. The lowest BCUT2D eigenvalue weighted by Crippen LogP contribution is -2.06. The molecule has 8 heteroatoms. The summed E-state index contributed by atoms with van der Waals surface area (Å²) < 4.78 is 60.8. The van der Waals surface area contributed by atoms with Crippen molar-refractivity contribution >= 4 is 15.9 Å². The standard InChI is InChI=1S/C6H6F5NOS/c7-14(8,9,10,11)6-3-1-2-5(4-6)12-13/h1-4,12-13H. The van der Waals surface area contributed by atoms with E-state index >= 15 is 0 Å². The fraction of sp³-hybridized carbons (Fsp3) is 0. The molecule has 0 aliphatic rings. The molecule has 82 valence electrons. The van der Waals surface area contributed by atoms with Crippen LogP contribution in [0.25, 0.3) is 0 Å². The van der Waals surface area contributed by atoms with E-state index in [9.17, 15) is 19.4 Å². The molecule has 0 heterocycles. The van der Waals surface area contributed by atoms with Crippen molar-refractivity contribution < 1.29 is 24.6 Å². The van der Waals surface area contributed by atoms with E-state index in [0.29, 0.717) is 0 Å². The molecular formula is C6H6F5NOS. The zero-order valence-electron chi connectivity index (χ0n) is 6.55. The van der Waals surface area contributed by atoms with Crippen molar-refractivity contribution in [1.82, 2.24) is 0 Å². The van der Waals surface area contributed by atoms with Gasteiger partial charge in [0, 0.05) is 0 Å². The molecule has 0 bridgehead atoms. The number of nitrogens with one attached hydrogen (secondary N) is 1. The predicted octanol–water partition coefficient (Wildman–Crippen LogP) is 4.15. The molecule has 0 amide bonds. The van der Waals surface area contributed by atoms with Gasteiger partial charge in [-0.2, -0.15) is 0 Å². The molecule has 1 aromatic rings. The largest absolute Gasteiger partial charge is 0.310 e. The van der Waals surface area contributed by atoms with Crippen LogP contribution >= 0.6 is 10.2 Å². The first-order valence-electron chi connectivity index (χ1n) is 3.27. The number of rotatable bonds is 2. The Balaban J connectivity index is 3.35. The lowest BCUT2D eigenvalue weighted by atomic mass is 10.3. The molecular weight excluding hydrogens is 229 g/mol. The fourth-order valence-electron chi connectivity index (χ4n) is 0.806. The van der Waals surface area contributed by atoms with Crippen molar-refractivity contribution in [3.8, 4) is 0 Å². The molecule has 2 nitrogen and oxygen atoms in total. The Kier molecular flexibility index (Phi) is 1.83. The fourth-order valence-corrected chi connectivity index (χ4v) is 1.49. The van der Waals surface area contributed by atoms with E-state index in [1.165, 1.54) is 5.48 Å². The number of hydrogen-bond acceptors (Lipinski definition) is 2. The van der Waals surface area contributed by atoms with Gasteiger partial charge >= 0.3 is 10.2 Å². The average Bonchev–Trinajstić information content (AvgIpc) is 2.01. The quantitative estimate of drug-likeness (QED) is 0.596. The van der Waals surface area contributed by atoms with Crippen molar-refractivity contribution in [2.75, 3.05) is 5.48 Å². The molecule has 0 unspecified atom stereocenters. The van der Waals surface area contributed by atoms with Crippen LogP contribution in [0.3, 0.4) is 0 Å². The van der Waals surface area contributed by atoms with Crippen molar-refractivity contribution in [1.29, 1.82) is 0 Å². The summed E-state index contributed by atoms with van der Waals surface area (Å²) in [6, 6.07) is 2.18. The minimum atomic E-state index is -9.63. The van der Waals surface area contributed by atoms with Gasteiger partial charge in [-0.1, -0.05) is 25.5 Å². The molecule has 1 rings (SSSR count). The van der Waals surface area contributed by atoms with E-state index in [2.05, 4.69) is 0 Å². The Morgan fingerprint density at radius 2 is 1.64 bits per heavy atom. The van der Waals surface area contributed by atoms with E-state index < -0.39 is 20.8 Å². The van der Waals surface area contributed by atoms with E-state index in [0.717, 1.165) is 12.1 Å². The van der Waals surface area contributed by atoms with Crippen LogP contribution in [0.2, 0.25) is 0 Å². The SMILES string of the molecule is ONc1cccc(S(F)(F)(F)(F)F)c1. The zero-order chi connectivity index (χ0) is 11.1. The Morgan fingerprint density at radius 3 is 2.07 bits per heavy atom. The third-order valence-electron chi connectivity index (χ3n) is 1.41. The van der Waals surface area contributed by atoms with E-state index in [1.807, 2.05) is 0 Å². The average molecular weight is 235 g/mol. The molecule has 2 N–H and O–H groups in total. The van der Waals surface area contributed by atoms with Gasteiger partial charge in [-0.25, -0.2) is 0 Å². The minimum Gasteiger partial charge on any atom is -0.291 e. The highest BCUT2D eigenvalue weighted by Crippen LogP contribution is 3.02. The number of hydrogen-bond donors (Lipinski definition) is 2. The van der Waals surface area contributed by atoms with E-state index in [1.54, 1.807) is 0 Å². The van der Waals surface area contributed by atoms with Crippen LogP contribution in [0.15, 0.2) is 29.2 Å². The van der Waals surface area contributed by atoms with Gasteiger partial charge in [-0.15, -0.1) is 0 Å². The second-order valence-corrected chi connectivity index (χ2v) is 5.02. The Morgan fingerprint density at radius 1 is 1.07 bits per heavy atom. The Labute approximate surface area is 76.0 Å². The summed E-state index contributed by atoms with van der Waals surface area (Å²) in [6.45, 7) is 0. The van der Waals surface area contributed by atoms with Crippen LogP contribution in [0.4, 0.5) is 25.1 Å². The zero-order valence-corrected chi connectivity index (χ0v) is 7.37. The minimum absolute atomic E-state index is 0.140. The van der Waals surface area contributed by atoms with Crippen LogP contribution in [-0.4, -0.2) is 5.21 Å². The van der Waals surface area contributed by atoms with Crippen LogP contribution in [0.1, 0.15) is 0 Å². The summed E-state index contributed by atoms with van der Waals surface area (Å²) >= 11 is 0. The molecule has 0 saturated carbocycles. The molecule has 0 atom stereocenters. The maximum Gasteiger partial charge on any atom is 0.310 e. The lowest BCUT2D eigenvalue weighted by Gasteiger charge is -2.40. The monoisotopic (exact) mass is 235 g/mol. The van der Waals surface area contributed by atoms with Crippen molar-refractivity contribution in [2.45, 2.75) is 4.90 Å². The number of benzene rings is 1. The third-order valence-corrected chi connectivity index (χ3v) is 2.55. The third kappa shape index (κ3) is 2.48. The molecule has 0 aromatic heterocycles. The molecule has 0 saturated heterocycles. The van der Waals surface area contributed by atoms with Gasteiger partial charge in [0.1, 0.15) is 4.90 Å². The first-order chi connectivity index (χ1) is 6.03. The van der Waals surface area contributed by atoms with Crippen molar-refractivity contribution in [2.24, 2.45) is 0 Å². The van der Waals surface area contributed by atoms with Crippen LogP contribution in [0.5, 0.6) is 0 Å². The van der Waals surface area contributed by atoms with Crippen LogP contribution < -0.4 is 5.48 Å². The highest BCUT2D eigenvalue weighted by molar-refractivity contribution is 8.45. The van der Waals surface area contributed by atoms with Gasteiger partial charge in [0.25, 0.3) is 0 Å². The highest BCUT2D eigenvalue weighted by atomic mass is 32.5. The molecule has 0 fully saturated rings. The summed E-state index contributed by atoms with van der Waals surface area (Å²) in [5.41, 5.74) is 0.911. The highest BCUT2D eigenvalue weighted by Gasteiger charge is 2.65. The Hall–Kier alpha value is -1.02. The second-order valence-electron chi connectivity index (χ2n) is 2.61.